The van der Waals surface area contributed by atoms with Crippen LogP contribution in [0, 0.1) is 6.92 Å². The molecule has 1 atom stereocenters. The summed E-state index contributed by atoms with van der Waals surface area (Å²) >= 11 is 7.57. The highest BCUT2D eigenvalue weighted by atomic mass is 35.5. The van der Waals surface area contributed by atoms with Crippen molar-refractivity contribution in [2.45, 2.75) is 32.9 Å². The van der Waals surface area contributed by atoms with Crippen molar-refractivity contribution >= 4 is 28.8 Å². The lowest BCUT2D eigenvalue weighted by Gasteiger charge is -2.20. The third-order valence-electron chi connectivity index (χ3n) is 3.05. The maximum Gasteiger partial charge on any atom is 0.131 e. The van der Waals surface area contributed by atoms with Crippen LogP contribution in [-0.2, 0) is 13.0 Å². The van der Waals surface area contributed by atoms with E-state index in [1.165, 1.54) is 16.0 Å². The van der Waals surface area contributed by atoms with Gasteiger partial charge in [0.05, 0.1) is 10.9 Å². The summed E-state index contributed by atoms with van der Waals surface area (Å²) in [6, 6.07) is 6.32. The third-order valence-corrected chi connectivity index (χ3v) is 4.26. The largest absolute Gasteiger partial charge is 0.354 e. The van der Waals surface area contributed by atoms with Gasteiger partial charge in [-0.25, -0.2) is 4.98 Å². The van der Waals surface area contributed by atoms with Crippen LogP contribution in [0.4, 0.5) is 5.82 Å². The number of thiophene rings is 1. The Morgan fingerprint density at radius 2 is 2.20 bits per heavy atom. The Kier molecular flexibility index (Phi) is 5.02. The number of aromatic nitrogens is 1. The molecule has 2 aromatic heterocycles. The van der Waals surface area contributed by atoms with Crippen LogP contribution in [0.15, 0.2) is 24.4 Å². The molecule has 0 aliphatic rings. The number of hydrogen-bond donors (Lipinski definition) is 1. The van der Waals surface area contributed by atoms with Crippen molar-refractivity contribution in [3.63, 3.8) is 0 Å². The lowest BCUT2D eigenvalue weighted by atomic mass is 10.1. The summed E-state index contributed by atoms with van der Waals surface area (Å²) in [5.41, 5.74) is 8.19. The molecule has 5 heteroatoms. The van der Waals surface area contributed by atoms with E-state index in [4.69, 9.17) is 17.3 Å². The monoisotopic (exact) mass is 309 g/mol. The molecular weight excluding hydrogens is 290 g/mol. The van der Waals surface area contributed by atoms with Crippen LogP contribution in [0.2, 0.25) is 4.34 Å². The fraction of sp³-hybridized carbons (Fsp3) is 0.400. The van der Waals surface area contributed by atoms with Crippen LogP contribution >= 0.6 is 22.9 Å². The highest BCUT2D eigenvalue weighted by Crippen LogP contribution is 2.25. The number of hydrogen-bond acceptors (Lipinski definition) is 4. The highest BCUT2D eigenvalue weighted by Gasteiger charge is 2.10. The first kappa shape index (κ1) is 15.3. The van der Waals surface area contributed by atoms with Gasteiger partial charge in [-0.2, -0.15) is 0 Å². The average Bonchev–Trinajstić information content (AvgIpc) is 2.73. The van der Waals surface area contributed by atoms with Crippen molar-refractivity contribution in [2.24, 2.45) is 5.73 Å². The van der Waals surface area contributed by atoms with Gasteiger partial charge in [-0.3, -0.25) is 0 Å². The first-order chi connectivity index (χ1) is 9.45. The summed E-state index contributed by atoms with van der Waals surface area (Å²) in [6.07, 6.45) is 2.78. The molecule has 2 rings (SSSR count). The zero-order valence-corrected chi connectivity index (χ0v) is 13.6. The van der Waals surface area contributed by atoms with E-state index >= 15 is 0 Å². The van der Waals surface area contributed by atoms with E-state index in [0.29, 0.717) is 0 Å². The quantitative estimate of drug-likeness (QED) is 0.917. The van der Waals surface area contributed by atoms with Crippen molar-refractivity contribution in [3.8, 4) is 0 Å². The summed E-state index contributed by atoms with van der Waals surface area (Å²) in [5, 5.41) is 0. The Balaban J connectivity index is 2.11. The number of pyridine rings is 1. The van der Waals surface area contributed by atoms with Crippen LogP contribution in [0.5, 0.6) is 0 Å². The van der Waals surface area contributed by atoms with Gasteiger partial charge >= 0.3 is 0 Å². The zero-order valence-electron chi connectivity index (χ0n) is 12.1. The minimum atomic E-state index is 0.160. The second-order valence-electron chi connectivity index (χ2n) is 5.23. The van der Waals surface area contributed by atoms with Gasteiger partial charge < -0.3 is 10.6 Å². The number of nitrogens with zero attached hydrogens (tertiary/aromatic N) is 2. The molecule has 108 valence electrons. The Labute approximate surface area is 129 Å². The van der Waals surface area contributed by atoms with E-state index in [9.17, 15) is 0 Å². The number of halogens is 1. The number of aryl methyl sites for hydroxylation is 1. The van der Waals surface area contributed by atoms with E-state index in [0.717, 1.165) is 23.1 Å². The Bertz CT molecular complexity index is 580. The van der Waals surface area contributed by atoms with Crippen molar-refractivity contribution < 1.29 is 0 Å². The minimum Gasteiger partial charge on any atom is -0.354 e. The molecule has 0 spiro atoms. The molecule has 20 heavy (non-hydrogen) atoms. The fourth-order valence-corrected chi connectivity index (χ4v) is 3.40. The Hall–Kier alpha value is -1.10. The SMILES string of the molecule is Cc1cc(CC(C)N)cnc1N(C)Cc1ccc(Cl)s1. The maximum atomic E-state index is 5.96. The molecule has 0 amide bonds. The Morgan fingerprint density at radius 3 is 2.75 bits per heavy atom. The summed E-state index contributed by atoms with van der Waals surface area (Å²) in [4.78, 5) is 7.96. The molecule has 0 bridgehead atoms. The van der Waals surface area contributed by atoms with Crippen LogP contribution in [0.25, 0.3) is 0 Å². The first-order valence-electron chi connectivity index (χ1n) is 6.62. The molecule has 0 aliphatic heterocycles. The number of nitrogens with two attached hydrogens (primary N) is 1. The van der Waals surface area contributed by atoms with Gasteiger partial charge in [-0.15, -0.1) is 11.3 Å². The van der Waals surface area contributed by atoms with Gasteiger partial charge in [-0.05, 0) is 43.5 Å². The van der Waals surface area contributed by atoms with Crippen LogP contribution in [0.1, 0.15) is 22.9 Å². The summed E-state index contributed by atoms with van der Waals surface area (Å²) in [5.74, 6) is 1.00. The van der Waals surface area contributed by atoms with Gasteiger partial charge in [0.25, 0.3) is 0 Å². The van der Waals surface area contributed by atoms with Crippen molar-refractivity contribution in [1.82, 2.24) is 4.98 Å². The smallest absolute Gasteiger partial charge is 0.131 e. The van der Waals surface area contributed by atoms with Gasteiger partial charge in [0.15, 0.2) is 0 Å². The number of anilines is 1. The standard InChI is InChI=1S/C15H20ClN3S/c1-10-6-12(7-11(2)17)8-18-15(10)19(3)9-13-4-5-14(16)20-13/h4-6,8,11H,7,9,17H2,1-3H3. The topological polar surface area (TPSA) is 42.1 Å². The lowest BCUT2D eigenvalue weighted by Crippen LogP contribution is -2.20. The summed E-state index contributed by atoms with van der Waals surface area (Å²) in [6.45, 7) is 4.92. The Morgan fingerprint density at radius 1 is 1.45 bits per heavy atom. The molecule has 2 aromatic rings. The zero-order chi connectivity index (χ0) is 14.7. The van der Waals surface area contributed by atoms with E-state index in [1.54, 1.807) is 11.3 Å². The van der Waals surface area contributed by atoms with E-state index < -0.39 is 0 Å². The molecule has 0 radical (unpaired) electrons. The van der Waals surface area contributed by atoms with Crippen LogP contribution in [-0.4, -0.2) is 18.1 Å². The molecule has 0 saturated heterocycles. The normalized spacial score (nSPS) is 12.4. The molecule has 2 N–H and O–H groups in total. The van der Waals surface area contributed by atoms with Crippen molar-refractivity contribution in [1.29, 1.82) is 0 Å². The predicted molar refractivity (Wildman–Crippen MR) is 87.8 cm³/mol. The fourth-order valence-electron chi connectivity index (χ4n) is 2.25. The molecule has 0 aromatic carbocycles. The molecule has 1 unspecified atom stereocenters. The maximum absolute atomic E-state index is 5.96. The minimum absolute atomic E-state index is 0.160. The van der Waals surface area contributed by atoms with Gasteiger partial charge in [0, 0.05) is 24.2 Å². The van der Waals surface area contributed by atoms with Crippen molar-refractivity contribution in [2.75, 3.05) is 11.9 Å². The van der Waals surface area contributed by atoms with E-state index in [-0.39, 0.29) is 6.04 Å². The highest BCUT2D eigenvalue weighted by molar-refractivity contribution is 7.16. The number of rotatable bonds is 5. The average molecular weight is 310 g/mol. The van der Waals surface area contributed by atoms with E-state index in [2.05, 4.69) is 28.9 Å². The third kappa shape index (κ3) is 3.95. The van der Waals surface area contributed by atoms with Crippen molar-refractivity contribution in [3.05, 3.63) is 44.7 Å². The predicted octanol–water partition coefficient (Wildman–Crippen LogP) is 3.63. The van der Waals surface area contributed by atoms with Gasteiger partial charge in [-0.1, -0.05) is 17.7 Å². The summed E-state index contributed by atoms with van der Waals surface area (Å²) < 4.78 is 0.824. The molecule has 0 fully saturated rings. The second-order valence-corrected chi connectivity index (χ2v) is 7.03. The van der Waals surface area contributed by atoms with Gasteiger partial charge in [0.2, 0.25) is 0 Å². The van der Waals surface area contributed by atoms with Gasteiger partial charge in [0.1, 0.15) is 5.82 Å². The lowest BCUT2D eigenvalue weighted by molar-refractivity contribution is 0.734. The second kappa shape index (κ2) is 6.57. The first-order valence-corrected chi connectivity index (χ1v) is 7.81. The molecule has 2 heterocycles. The molecule has 0 saturated carbocycles. The van der Waals surface area contributed by atoms with E-state index in [1.807, 2.05) is 26.2 Å². The molecule has 3 nitrogen and oxygen atoms in total. The van der Waals surface area contributed by atoms with Crippen LogP contribution < -0.4 is 10.6 Å². The molecular formula is C15H20ClN3S. The summed E-state index contributed by atoms with van der Waals surface area (Å²) in [7, 11) is 2.05. The van der Waals surface area contributed by atoms with Crippen LogP contribution in [0.3, 0.4) is 0 Å². The molecule has 0 aliphatic carbocycles.